The van der Waals surface area contributed by atoms with Crippen molar-refractivity contribution in [1.82, 2.24) is 9.80 Å². The van der Waals surface area contributed by atoms with Crippen LogP contribution in [0.15, 0.2) is 6.07 Å². The maximum absolute atomic E-state index is 12.8. The lowest BCUT2D eigenvalue weighted by atomic mass is 9.73. The smallest absolute Gasteiger partial charge is 0.335 e. The van der Waals surface area contributed by atoms with Crippen LogP contribution in [0, 0.1) is 13.8 Å². The Hall–Kier alpha value is -3.23. The molecule has 3 N–H and O–H groups in total. The Morgan fingerprint density at radius 1 is 1.09 bits per heavy atom. The number of aliphatic hydroxyl groups is 2. The van der Waals surface area contributed by atoms with Gasteiger partial charge >= 0.3 is 11.9 Å². The molecule has 2 saturated heterocycles. The van der Waals surface area contributed by atoms with Gasteiger partial charge in [0.25, 0.3) is 0 Å². The highest BCUT2D eigenvalue weighted by molar-refractivity contribution is 7.99. The largest absolute Gasteiger partial charge is 0.504 e. The predicted molar refractivity (Wildman–Crippen MR) is 153 cm³/mol. The van der Waals surface area contributed by atoms with Crippen LogP contribution >= 0.6 is 11.8 Å². The summed E-state index contributed by atoms with van der Waals surface area (Å²) in [6, 6.07) is -0.0947. The molecule has 4 bridgehead atoms. The summed E-state index contributed by atoms with van der Waals surface area (Å²) in [4.78, 5) is 29.3. The average Bonchev–Trinajstić information content (AvgIpc) is 3.45. The molecule has 2 aromatic rings. The van der Waals surface area contributed by atoms with Crippen LogP contribution in [-0.4, -0.2) is 94.8 Å². The second-order valence-electron chi connectivity index (χ2n) is 11.7. The van der Waals surface area contributed by atoms with E-state index in [-0.39, 0.29) is 30.9 Å². The summed E-state index contributed by atoms with van der Waals surface area (Å²) in [5.41, 5.74) is 4.24. The molecule has 230 valence electrons. The number of nitrogens with zero attached hydrogens (tertiary/aromatic N) is 2. The number of cyclic esters (lactones) is 1. The Kier molecular flexibility index (Phi) is 6.74. The van der Waals surface area contributed by atoms with Gasteiger partial charge < -0.3 is 39.0 Å². The number of aryl methyl sites for hydroxylation is 1. The molecule has 5 aliphatic heterocycles. The van der Waals surface area contributed by atoms with E-state index in [9.17, 15) is 24.9 Å². The first kappa shape index (κ1) is 28.5. The minimum atomic E-state index is -1.39. The topological polar surface area (TPSA) is 147 Å². The summed E-state index contributed by atoms with van der Waals surface area (Å²) in [5, 5.41) is 34.0. The molecule has 43 heavy (non-hydrogen) atoms. The fraction of sp³-hybridized carbons (Fsp3) is 0.533. The van der Waals surface area contributed by atoms with Crippen molar-refractivity contribution in [3.05, 3.63) is 39.4 Å². The van der Waals surface area contributed by atoms with E-state index in [0.29, 0.717) is 51.7 Å². The zero-order chi connectivity index (χ0) is 30.5. The molecular weight excluding hydrogens is 580 g/mol. The maximum atomic E-state index is 12.8. The number of hydrogen-bond acceptors (Lipinski definition) is 13. The van der Waals surface area contributed by atoms with Crippen LogP contribution < -0.4 is 18.9 Å². The van der Waals surface area contributed by atoms with E-state index in [1.165, 1.54) is 25.8 Å². The Morgan fingerprint density at radius 3 is 2.56 bits per heavy atom. The Morgan fingerprint density at radius 2 is 1.84 bits per heavy atom. The average molecular weight is 615 g/mol. The summed E-state index contributed by atoms with van der Waals surface area (Å²) in [6.07, 6.45) is -1.93. The number of phenols is 1. The molecule has 7 atom stereocenters. The minimum absolute atomic E-state index is 0.0169. The summed E-state index contributed by atoms with van der Waals surface area (Å²) < 4.78 is 29.0. The highest BCUT2D eigenvalue weighted by Crippen LogP contribution is 2.63. The summed E-state index contributed by atoms with van der Waals surface area (Å²) in [6.45, 7) is 4.75. The number of aromatic hydroxyl groups is 1. The van der Waals surface area contributed by atoms with E-state index in [2.05, 4.69) is 4.90 Å². The molecule has 2 unspecified atom stereocenters. The minimum Gasteiger partial charge on any atom is -0.504 e. The third-order valence-corrected chi connectivity index (χ3v) is 10.9. The molecule has 0 aromatic heterocycles. The van der Waals surface area contributed by atoms with E-state index in [1.54, 1.807) is 6.92 Å². The molecule has 7 rings (SSSR count). The van der Waals surface area contributed by atoms with Crippen LogP contribution in [-0.2, 0) is 20.7 Å². The van der Waals surface area contributed by atoms with Gasteiger partial charge in [-0.1, -0.05) is 6.07 Å². The van der Waals surface area contributed by atoms with Crippen LogP contribution in [0.5, 0.6) is 28.7 Å². The van der Waals surface area contributed by atoms with Crippen LogP contribution in [0.4, 0.5) is 0 Å². The number of ether oxygens (including phenoxy) is 5. The Bertz CT molecular complexity index is 1550. The molecule has 0 radical (unpaired) electrons. The molecule has 5 heterocycles. The second-order valence-corrected chi connectivity index (χ2v) is 12.9. The SMILES string of the molecule is COc1c(C)cc2c(c1O)[C@@H]1C3[C@@H]4SCC(O)C(=O)OC[C@@H](c5c6c(c(C)c(OC(C)=O)c54)OCO6)N3[C@@H](O)[C@H](C2)N1C. The zero-order valence-corrected chi connectivity index (χ0v) is 25.3. The molecule has 12 nitrogen and oxygen atoms in total. The molecule has 13 heteroatoms. The molecule has 2 aromatic carbocycles. The van der Waals surface area contributed by atoms with E-state index in [1.807, 2.05) is 24.9 Å². The maximum Gasteiger partial charge on any atom is 0.335 e. The normalized spacial score (nSPS) is 31.0. The van der Waals surface area contributed by atoms with E-state index in [4.69, 9.17) is 23.7 Å². The van der Waals surface area contributed by atoms with Crippen LogP contribution in [0.1, 0.15) is 57.6 Å². The van der Waals surface area contributed by atoms with Gasteiger partial charge in [0.2, 0.25) is 6.79 Å². The van der Waals surface area contributed by atoms with Gasteiger partial charge in [-0.2, -0.15) is 0 Å². The molecular formula is C30H34N2O10S. The number of thioether (sulfide) groups is 1. The Balaban J connectivity index is 1.54. The number of rotatable bonds is 2. The van der Waals surface area contributed by atoms with E-state index in [0.717, 1.165) is 11.1 Å². The third-order valence-electron chi connectivity index (χ3n) is 9.47. The lowest BCUT2D eigenvalue weighted by molar-refractivity contribution is -0.186. The predicted octanol–water partition coefficient (Wildman–Crippen LogP) is 2.02. The van der Waals surface area contributed by atoms with Gasteiger partial charge in [-0.05, 0) is 38.4 Å². The van der Waals surface area contributed by atoms with Crippen LogP contribution in [0.2, 0.25) is 0 Å². The first-order chi connectivity index (χ1) is 20.5. The van der Waals surface area contributed by atoms with Gasteiger partial charge in [-0.25, -0.2) is 4.79 Å². The first-order valence-corrected chi connectivity index (χ1v) is 15.3. The number of fused-ring (bicyclic) bond motifs is 9. The third kappa shape index (κ3) is 3.98. The number of aliphatic hydroxyl groups excluding tert-OH is 2. The van der Waals surface area contributed by atoms with Crippen molar-refractivity contribution in [3.63, 3.8) is 0 Å². The molecule has 0 aliphatic carbocycles. The van der Waals surface area contributed by atoms with E-state index >= 15 is 0 Å². The number of carbonyl (C=O) groups is 2. The number of benzene rings is 2. The number of phenolic OH excluding ortho intramolecular Hbond substituents is 1. The molecule has 5 aliphatic rings. The van der Waals surface area contributed by atoms with Crippen molar-refractivity contribution in [2.45, 2.75) is 68.9 Å². The second kappa shape index (κ2) is 10.2. The number of esters is 2. The lowest BCUT2D eigenvalue weighted by Crippen LogP contribution is -2.69. The van der Waals surface area contributed by atoms with Crippen LogP contribution in [0.25, 0.3) is 0 Å². The van der Waals surface area contributed by atoms with Crippen molar-refractivity contribution < 1.29 is 48.6 Å². The standard InChI is InChI=1S/C30H34N2O10S/c1-11-6-14-7-15-29(36)32-16-8-39-30(37)17(34)9-43-28(22(32)21(31(15)4)18(14)23(35)24(11)38-5)20-19(16)27-26(40-10-41-27)12(2)25(20)42-13(3)33/h6,15-17,21-22,28-29,34-36H,7-10H2,1-5H3/t15-,16-,17?,21+,22?,28+,29-/m0/s1. The first-order valence-electron chi connectivity index (χ1n) is 14.2. The van der Waals surface area contributed by atoms with Gasteiger partial charge in [0.15, 0.2) is 29.1 Å². The van der Waals surface area contributed by atoms with Crippen molar-refractivity contribution >= 4 is 23.7 Å². The van der Waals surface area contributed by atoms with Crippen molar-refractivity contribution in [3.8, 4) is 28.7 Å². The van der Waals surface area contributed by atoms with Gasteiger partial charge in [0.1, 0.15) is 18.6 Å². The van der Waals surface area contributed by atoms with Gasteiger partial charge in [-0.3, -0.25) is 14.6 Å². The number of piperazine rings is 1. The molecule has 0 spiro atoms. The number of methoxy groups -OCH3 is 1. The summed E-state index contributed by atoms with van der Waals surface area (Å²) in [7, 11) is 3.44. The fourth-order valence-electron chi connectivity index (χ4n) is 7.77. The molecule has 0 amide bonds. The summed E-state index contributed by atoms with van der Waals surface area (Å²) >= 11 is 1.30. The number of carbonyl (C=O) groups excluding carboxylic acids is 2. The van der Waals surface area contributed by atoms with Crippen LogP contribution in [0.3, 0.4) is 0 Å². The molecule has 2 fully saturated rings. The van der Waals surface area contributed by atoms with Gasteiger partial charge in [-0.15, -0.1) is 11.8 Å². The number of likely N-dealkylation sites (N-methyl/N-ethyl adjacent to an activating group) is 1. The van der Waals surface area contributed by atoms with Crippen molar-refractivity contribution in [2.24, 2.45) is 0 Å². The highest BCUT2D eigenvalue weighted by Gasteiger charge is 2.60. The quantitative estimate of drug-likeness (QED) is 0.335. The Labute approximate surface area is 252 Å². The highest BCUT2D eigenvalue weighted by atomic mass is 32.2. The lowest BCUT2D eigenvalue weighted by Gasteiger charge is -2.61. The fourth-order valence-corrected chi connectivity index (χ4v) is 9.18. The van der Waals surface area contributed by atoms with Gasteiger partial charge in [0.05, 0.1) is 30.5 Å². The zero-order valence-electron chi connectivity index (χ0n) is 24.4. The van der Waals surface area contributed by atoms with Gasteiger partial charge in [0, 0.05) is 41.0 Å². The summed E-state index contributed by atoms with van der Waals surface area (Å²) in [5.74, 6) is 0.317. The molecule has 0 saturated carbocycles. The number of hydrogen-bond donors (Lipinski definition) is 3. The van der Waals surface area contributed by atoms with Crippen molar-refractivity contribution in [1.29, 1.82) is 0 Å². The van der Waals surface area contributed by atoms with Crippen molar-refractivity contribution in [2.75, 3.05) is 33.3 Å². The monoisotopic (exact) mass is 614 g/mol. The van der Waals surface area contributed by atoms with E-state index < -0.39 is 47.6 Å².